The highest BCUT2D eigenvalue weighted by atomic mass is 16.2. The molecule has 4 aliphatic carbocycles. The van der Waals surface area contributed by atoms with Crippen LogP contribution in [0.1, 0.15) is 71.6 Å². The van der Waals surface area contributed by atoms with Gasteiger partial charge in [-0.25, -0.2) is 10.2 Å². The number of amides is 2. The first kappa shape index (κ1) is 16.2. The summed E-state index contributed by atoms with van der Waals surface area (Å²) in [6.45, 7) is 5.07. The number of nitrogens with one attached hydrogen (secondary N) is 1. The van der Waals surface area contributed by atoms with Crippen molar-refractivity contribution in [3.8, 4) is 0 Å². The summed E-state index contributed by atoms with van der Waals surface area (Å²) < 4.78 is 0. The summed E-state index contributed by atoms with van der Waals surface area (Å²) in [5, 5.41) is 4.19. The molecule has 5 atom stereocenters. The summed E-state index contributed by atoms with van der Waals surface area (Å²) in [7, 11) is 0. The first-order valence-electron chi connectivity index (χ1n) is 9.75. The maximum atomic E-state index is 10.9. The molecule has 0 aromatic rings. The van der Waals surface area contributed by atoms with Gasteiger partial charge in [0.1, 0.15) is 0 Å². The smallest absolute Gasteiger partial charge is 0.332 e. The molecule has 0 radical (unpaired) electrons. The fourth-order valence-electron chi connectivity index (χ4n) is 6.78. The van der Waals surface area contributed by atoms with E-state index in [2.05, 4.69) is 30.5 Å². The molecule has 3 fully saturated rings. The molecule has 4 nitrogen and oxygen atoms in total. The third-order valence-corrected chi connectivity index (χ3v) is 8.07. The zero-order valence-corrected chi connectivity index (χ0v) is 15.1. The highest BCUT2D eigenvalue weighted by molar-refractivity contribution is 5.97. The molecule has 0 saturated heterocycles. The molecule has 4 rings (SSSR count). The van der Waals surface area contributed by atoms with Crippen LogP contribution in [0.25, 0.3) is 0 Å². The Balaban J connectivity index is 1.60. The Morgan fingerprint density at radius 1 is 1.17 bits per heavy atom. The number of allylic oxidation sites excluding steroid dienone is 2. The molecule has 4 aliphatic rings. The van der Waals surface area contributed by atoms with Crippen LogP contribution in [0.4, 0.5) is 4.79 Å². The van der Waals surface area contributed by atoms with E-state index in [1.165, 1.54) is 51.4 Å². The van der Waals surface area contributed by atoms with E-state index in [0.717, 1.165) is 29.9 Å². The van der Waals surface area contributed by atoms with Crippen molar-refractivity contribution in [1.29, 1.82) is 0 Å². The molecule has 0 aromatic carbocycles. The molecule has 5 unspecified atom stereocenters. The van der Waals surface area contributed by atoms with Gasteiger partial charge in [0.2, 0.25) is 0 Å². The highest BCUT2D eigenvalue weighted by Gasteiger charge is 2.55. The van der Waals surface area contributed by atoms with Gasteiger partial charge in [0, 0.05) is 0 Å². The van der Waals surface area contributed by atoms with E-state index in [0.29, 0.717) is 10.8 Å². The summed E-state index contributed by atoms with van der Waals surface area (Å²) >= 11 is 0. The van der Waals surface area contributed by atoms with E-state index in [-0.39, 0.29) is 0 Å². The van der Waals surface area contributed by atoms with E-state index >= 15 is 0 Å². The minimum atomic E-state index is -0.578. The van der Waals surface area contributed by atoms with Crippen LogP contribution in [0.2, 0.25) is 0 Å². The lowest BCUT2D eigenvalue weighted by Gasteiger charge is -2.57. The van der Waals surface area contributed by atoms with Gasteiger partial charge >= 0.3 is 6.03 Å². The summed E-state index contributed by atoms with van der Waals surface area (Å²) in [6.07, 6.45) is 14.1. The van der Waals surface area contributed by atoms with E-state index in [4.69, 9.17) is 5.73 Å². The van der Waals surface area contributed by atoms with Gasteiger partial charge in [-0.1, -0.05) is 25.8 Å². The van der Waals surface area contributed by atoms with Crippen LogP contribution in [0, 0.1) is 28.6 Å². The van der Waals surface area contributed by atoms with E-state index in [1.54, 1.807) is 5.57 Å². The molecule has 24 heavy (non-hydrogen) atoms. The van der Waals surface area contributed by atoms with Crippen LogP contribution in [-0.4, -0.2) is 11.7 Å². The number of nitrogens with zero attached hydrogens (tertiary/aromatic N) is 1. The second-order valence-corrected chi connectivity index (χ2v) is 9.17. The monoisotopic (exact) mass is 329 g/mol. The number of hydrogen-bond donors (Lipinski definition) is 2. The molecule has 0 heterocycles. The minimum Gasteiger partial charge on any atom is -0.350 e. The predicted octanol–water partition coefficient (Wildman–Crippen LogP) is 4.36. The van der Waals surface area contributed by atoms with Gasteiger partial charge in [0.25, 0.3) is 0 Å². The Hall–Kier alpha value is -1.32. The van der Waals surface area contributed by atoms with Gasteiger partial charge in [-0.3, -0.25) is 0 Å². The fraction of sp³-hybridized carbons (Fsp3) is 0.800. The van der Waals surface area contributed by atoms with Crippen LogP contribution in [0.3, 0.4) is 0 Å². The van der Waals surface area contributed by atoms with Gasteiger partial charge in [-0.05, 0) is 86.0 Å². The predicted molar refractivity (Wildman–Crippen MR) is 96.5 cm³/mol. The Morgan fingerprint density at radius 2 is 2.00 bits per heavy atom. The molecule has 0 bridgehead atoms. The number of urea groups is 1. The zero-order chi connectivity index (χ0) is 16.9. The normalized spacial score (nSPS) is 45.8. The van der Waals surface area contributed by atoms with Crippen LogP contribution in [0.15, 0.2) is 16.8 Å². The van der Waals surface area contributed by atoms with Gasteiger partial charge < -0.3 is 5.73 Å². The number of fused-ring (bicyclic) bond motifs is 5. The zero-order valence-electron chi connectivity index (χ0n) is 15.1. The minimum absolute atomic E-state index is 0.346. The average molecular weight is 329 g/mol. The molecule has 0 aliphatic heterocycles. The van der Waals surface area contributed by atoms with Crippen LogP contribution in [-0.2, 0) is 0 Å². The van der Waals surface area contributed by atoms with Crippen molar-refractivity contribution in [2.45, 2.75) is 71.6 Å². The third-order valence-electron chi connectivity index (χ3n) is 8.07. The van der Waals surface area contributed by atoms with Crippen molar-refractivity contribution in [2.75, 3.05) is 0 Å². The summed E-state index contributed by atoms with van der Waals surface area (Å²) in [6, 6.07) is -0.578. The fourth-order valence-corrected chi connectivity index (χ4v) is 6.78. The lowest BCUT2D eigenvalue weighted by molar-refractivity contribution is -0.0335. The maximum absolute atomic E-state index is 10.9. The van der Waals surface area contributed by atoms with Gasteiger partial charge in [-0.2, -0.15) is 5.10 Å². The SMILES string of the molecule is CC12CCCC1C1CCC3=C/C(=N/NC(N)=O)CCC3(C)C1CC2. The quantitative estimate of drug-likeness (QED) is 0.689. The summed E-state index contributed by atoms with van der Waals surface area (Å²) in [5.74, 6) is 2.73. The number of carbonyl (C=O) groups excluding carboxylic acids is 1. The Morgan fingerprint density at radius 3 is 2.79 bits per heavy atom. The van der Waals surface area contributed by atoms with E-state index in [1.807, 2.05) is 0 Å². The number of hydrogen-bond acceptors (Lipinski definition) is 2. The van der Waals surface area contributed by atoms with Crippen molar-refractivity contribution in [1.82, 2.24) is 5.43 Å². The lowest BCUT2D eigenvalue weighted by atomic mass is 9.47. The molecule has 0 spiro atoms. The maximum Gasteiger partial charge on any atom is 0.332 e. The van der Waals surface area contributed by atoms with Crippen molar-refractivity contribution in [3.63, 3.8) is 0 Å². The summed E-state index contributed by atoms with van der Waals surface area (Å²) in [4.78, 5) is 10.9. The van der Waals surface area contributed by atoms with Gasteiger partial charge in [-0.15, -0.1) is 0 Å². The molecular weight excluding hydrogens is 298 g/mol. The molecular formula is C20H31N3O. The van der Waals surface area contributed by atoms with Gasteiger partial charge in [0.15, 0.2) is 0 Å². The second kappa shape index (κ2) is 5.60. The molecule has 4 heteroatoms. The molecule has 132 valence electrons. The molecule has 3 N–H and O–H groups in total. The third kappa shape index (κ3) is 2.41. The van der Waals surface area contributed by atoms with Crippen LogP contribution in [0.5, 0.6) is 0 Å². The van der Waals surface area contributed by atoms with Crippen molar-refractivity contribution >= 4 is 11.7 Å². The Labute approximate surface area is 145 Å². The first-order valence-corrected chi connectivity index (χ1v) is 9.75. The number of carbonyl (C=O) groups is 1. The Kier molecular flexibility index (Phi) is 3.77. The highest BCUT2D eigenvalue weighted by Crippen LogP contribution is 2.65. The van der Waals surface area contributed by atoms with Crippen LogP contribution >= 0.6 is 0 Å². The molecule has 0 aromatic heterocycles. The number of rotatable bonds is 1. The van der Waals surface area contributed by atoms with Crippen LogP contribution < -0.4 is 11.2 Å². The first-order chi connectivity index (χ1) is 11.4. The van der Waals surface area contributed by atoms with Gasteiger partial charge in [0.05, 0.1) is 5.71 Å². The number of nitrogens with two attached hydrogens (primary N) is 1. The van der Waals surface area contributed by atoms with Crippen molar-refractivity contribution in [3.05, 3.63) is 11.6 Å². The summed E-state index contributed by atoms with van der Waals surface area (Å²) in [5.41, 5.74) is 11.1. The topological polar surface area (TPSA) is 67.5 Å². The van der Waals surface area contributed by atoms with E-state index in [9.17, 15) is 4.79 Å². The average Bonchev–Trinajstić information content (AvgIpc) is 2.94. The standard InChI is InChI=1S/C20H31N3O/c1-19-9-3-4-16(19)15-6-5-13-12-14(22-23-18(21)24)7-11-20(13,2)17(15)8-10-19/h12,15-17H,3-11H2,1-2H3,(H3,21,23,24)/b22-14+. The largest absolute Gasteiger partial charge is 0.350 e. The Bertz CT molecular complexity index is 610. The second-order valence-electron chi connectivity index (χ2n) is 9.17. The molecule has 3 saturated carbocycles. The molecule has 2 amide bonds. The number of primary amides is 1. The van der Waals surface area contributed by atoms with E-state index < -0.39 is 6.03 Å². The van der Waals surface area contributed by atoms with Crippen molar-refractivity contribution < 1.29 is 4.79 Å². The van der Waals surface area contributed by atoms with Crippen molar-refractivity contribution in [2.24, 2.45) is 39.4 Å². The number of hydrazone groups is 1. The lowest BCUT2D eigenvalue weighted by Crippen LogP contribution is -2.49.